The summed E-state index contributed by atoms with van der Waals surface area (Å²) in [5, 5.41) is 20.6. The summed E-state index contributed by atoms with van der Waals surface area (Å²) in [6, 6.07) is 26.0. The van der Waals surface area contributed by atoms with Crippen LogP contribution in [0.2, 0.25) is 0 Å². The van der Waals surface area contributed by atoms with Crippen molar-refractivity contribution in [2.75, 3.05) is 12.4 Å². The van der Waals surface area contributed by atoms with Gasteiger partial charge in [-0.15, -0.1) is 0 Å². The zero-order valence-electron chi connectivity index (χ0n) is 16.1. The Balaban J connectivity index is 1.62. The molecule has 0 aliphatic rings. The zero-order chi connectivity index (χ0) is 20.6. The fraction of sp³-hybridized carbons (Fsp3) is 0.125. The Bertz CT molecular complexity index is 1070. The molecule has 0 fully saturated rings. The van der Waals surface area contributed by atoms with E-state index in [0.717, 1.165) is 17.7 Å². The van der Waals surface area contributed by atoms with Crippen LogP contribution in [0, 0.1) is 22.7 Å². The first-order valence-electron chi connectivity index (χ1n) is 9.15. The Morgan fingerprint density at radius 3 is 2.07 bits per heavy atom. The lowest BCUT2D eigenvalue weighted by Crippen LogP contribution is -2.18. The first kappa shape index (κ1) is 19.8. The van der Waals surface area contributed by atoms with Gasteiger partial charge in [-0.1, -0.05) is 24.3 Å². The molecular formula is C24H20N4O. The fourth-order valence-electron chi connectivity index (χ4n) is 3.01. The number of anilines is 1. The highest BCUT2D eigenvalue weighted by Crippen LogP contribution is 2.14. The molecule has 0 aromatic heterocycles. The molecule has 0 aliphatic heterocycles. The molecule has 0 unspecified atom stereocenters. The second kappa shape index (κ2) is 9.32. The minimum absolute atomic E-state index is 0.189. The van der Waals surface area contributed by atoms with Crippen molar-refractivity contribution < 1.29 is 4.79 Å². The highest BCUT2D eigenvalue weighted by molar-refractivity contribution is 6.04. The van der Waals surface area contributed by atoms with E-state index in [2.05, 4.69) is 22.4 Å². The minimum atomic E-state index is -0.189. The summed E-state index contributed by atoms with van der Waals surface area (Å²) < 4.78 is 0. The molecule has 5 heteroatoms. The molecule has 0 saturated carbocycles. The van der Waals surface area contributed by atoms with E-state index in [1.54, 1.807) is 30.3 Å². The Kier molecular flexibility index (Phi) is 6.37. The SMILES string of the molecule is CN(Cc1ccc(C#N)cc1)Cc1cccc(C(=O)Nc2ccc(C#N)cc2)c1. The number of nitrogens with one attached hydrogen (secondary N) is 1. The van der Waals surface area contributed by atoms with Gasteiger partial charge in [-0.2, -0.15) is 10.5 Å². The Hall–Kier alpha value is -3.93. The van der Waals surface area contributed by atoms with Crippen molar-refractivity contribution in [1.29, 1.82) is 10.5 Å². The van der Waals surface area contributed by atoms with Crippen LogP contribution in [0.3, 0.4) is 0 Å². The molecule has 3 rings (SSSR count). The van der Waals surface area contributed by atoms with Gasteiger partial charge in [0.2, 0.25) is 0 Å². The average molecular weight is 380 g/mol. The van der Waals surface area contributed by atoms with E-state index in [-0.39, 0.29) is 5.91 Å². The molecule has 0 aliphatic carbocycles. The van der Waals surface area contributed by atoms with Crippen LogP contribution in [-0.2, 0) is 13.1 Å². The van der Waals surface area contributed by atoms with Crippen LogP contribution < -0.4 is 5.32 Å². The van der Waals surface area contributed by atoms with Crippen molar-refractivity contribution in [1.82, 2.24) is 4.90 Å². The third-order valence-electron chi connectivity index (χ3n) is 4.45. The van der Waals surface area contributed by atoms with E-state index in [1.165, 1.54) is 0 Å². The lowest BCUT2D eigenvalue weighted by molar-refractivity contribution is 0.102. The molecule has 0 spiro atoms. The third-order valence-corrected chi connectivity index (χ3v) is 4.45. The van der Waals surface area contributed by atoms with Crippen LogP contribution >= 0.6 is 0 Å². The van der Waals surface area contributed by atoms with E-state index >= 15 is 0 Å². The summed E-state index contributed by atoms with van der Waals surface area (Å²) in [5.41, 5.74) is 4.60. The van der Waals surface area contributed by atoms with Crippen LogP contribution in [0.15, 0.2) is 72.8 Å². The van der Waals surface area contributed by atoms with Crippen LogP contribution in [0.4, 0.5) is 5.69 Å². The van der Waals surface area contributed by atoms with Gasteiger partial charge in [0.25, 0.3) is 5.91 Å². The largest absolute Gasteiger partial charge is 0.322 e. The molecule has 29 heavy (non-hydrogen) atoms. The highest BCUT2D eigenvalue weighted by Gasteiger charge is 2.09. The van der Waals surface area contributed by atoms with E-state index < -0.39 is 0 Å². The zero-order valence-corrected chi connectivity index (χ0v) is 16.1. The fourth-order valence-corrected chi connectivity index (χ4v) is 3.01. The average Bonchev–Trinajstić information content (AvgIpc) is 2.75. The molecule has 3 aromatic carbocycles. The second-order valence-electron chi connectivity index (χ2n) is 6.82. The number of carbonyl (C=O) groups excluding carboxylic acids is 1. The summed E-state index contributed by atoms with van der Waals surface area (Å²) in [6.07, 6.45) is 0. The monoisotopic (exact) mass is 380 g/mol. The highest BCUT2D eigenvalue weighted by atomic mass is 16.1. The standard InChI is InChI=1S/C24H20N4O/c1-28(16-20-7-5-18(14-25)6-8-20)17-21-3-2-4-22(13-21)24(29)27-23-11-9-19(15-26)10-12-23/h2-13H,16-17H2,1H3,(H,27,29). The number of amides is 1. The molecule has 0 saturated heterocycles. The molecule has 0 heterocycles. The minimum Gasteiger partial charge on any atom is -0.322 e. The molecule has 5 nitrogen and oxygen atoms in total. The van der Waals surface area contributed by atoms with Gasteiger partial charge >= 0.3 is 0 Å². The molecule has 0 bridgehead atoms. The van der Waals surface area contributed by atoms with Crippen molar-refractivity contribution in [2.45, 2.75) is 13.1 Å². The number of hydrogen-bond acceptors (Lipinski definition) is 4. The number of nitriles is 2. The first-order valence-corrected chi connectivity index (χ1v) is 9.15. The van der Waals surface area contributed by atoms with Gasteiger partial charge in [0.05, 0.1) is 23.3 Å². The van der Waals surface area contributed by atoms with Gasteiger partial charge in [-0.25, -0.2) is 0 Å². The molecule has 0 radical (unpaired) electrons. The number of benzene rings is 3. The van der Waals surface area contributed by atoms with Crippen molar-refractivity contribution >= 4 is 11.6 Å². The van der Waals surface area contributed by atoms with Gasteiger partial charge < -0.3 is 5.32 Å². The van der Waals surface area contributed by atoms with Crippen molar-refractivity contribution in [2.24, 2.45) is 0 Å². The summed E-state index contributed by atoms with van der Waals surface area (Å²) in [5.74, 6) is -0.189. The quantitative estimate of drug-likeness (QED) is 0.691. The topological polar surface area (TPSA) is 79.9 Å². The van der Waals surface area contributed by atoms with Crippen molar-refractivity contribution in [3.8, 4) is 12.1 Å². The van der Waals surface area contributed by atoms with Gasteiger partial charge in [0.15, 0.2) is 0 Å². The number of hydrogen-bond donors (Lipinski definition) is 1. The number of carbonyl (C=O) groups is 1. The predicted octanol–water partition coefficient (Wildman–Crippen LogP) is 4.31. The lowest BCUT2D eigenvalue weighted by atomic mass is 10.1. The Morgan fingerprint density at radius 1 is 0.862 bits per heavy atom. The molecular weight excluding hydrogens is 360 g/mol. The maximum Gasteiger partial charge on any atom is 0.255 e. The molecule has 3 aromatic rings. The van der Waals surface area contributed by atoms with Gasteiger partial charge in [-0.3, -0.25) is 9.69 Å². The van der Waals surface area contributed by atoms with Crippen LogP contribution in [-0.4, -0.2) is 17.9 Å². The number of nitrogens with zero attached hydrogens (tertiary/aromatic N) is 3. The van der Waals surface area contributed by atoms with Crippen LogP contribution in [0.25, 0.3) is 0 Å². The molecule has 142 valence electrons. The van der Waals surface area contributed by atoms with Gasteiger partial charge in [0.1, 0.15) is 0 Å². The second-order valence-corrected chi connectivity index (χ2v) is 6.82. The lowest BCUT2D eigenvalue weighted by Gasteiger charge is -2.17. The van der Waals surface area contributed by atoms with E-state index in [0.29, 0.717) is 28.9 Å². The van der Waals surface area contributed by atoms with E-state index in [9.17, 15) is 4.79 Å². The van der Waals surface area contributed by atoms with Crippen molar-refractivity contribution in [3.05, 3.63) is 101 Å². The van der Waals surface area contributed by atoms with Gasteiger partial charge in [0, 0.05) is 24.3 Å². The Morgan fingerprint density at radius 2 is 1.45 bits per heavy atom. The maximum absolute atomic E-state index is 12.5. The normalized spacial score (nSPS) is 10.2. The summed E-state index contributed by atoms with van der Waals surface area (Å²) in [7, 11) is 2.02. The van der Waals surface area contributed by atoms with E-state index in [4.69, 9.17) is 10.5 Å². The summed E-state index contributed by atoms with van der Waals surface area (Å²) in [6.45, 7) is 1.44. The number of rotatable bonds is 6. The maximum atomic E-state index is 12.5. The smallest absolute Gasteiger partial charge is 0.255 e. The molecule has 0 atom stereocenters. The Labute approximate surface area is 170 Å². The summed E-state index contributed by atoms with van der Waals surface area (Å²) >= 11 is 0. The van der Waals surface area contributed by atoms with Crippen LogP contribution in [0.5, 0.6) is 0 Å². The summed E-state index contributed by atoms with van der Waals surface area (Å²) in [4.78, 5) is 14.7. The third kappa shape index (κ3) is 5.52. The predicted molar refractivity (Wildman–Crippen MR) is 112 cm³/mol. The first-order chi connectivity index (χ1) is 14.1. The van der Waals surface area contributed by atoms with Crippen molar-refractivity contribution in [3.63, 3.8) is 0 Å². The molecule has 1 N–H and O–H groups in total. The van der Waals surface area contributed by atoms with Crippen LogP contribution in [0.1, 0.15) is 32.6 Å². The van der Waals surface area contributed by atoms with Gasteiger partial charge in [-0.05, 0) is 66.7 Å². The molecule has 1 amide bonds. The van der Waals surface area contributed by atoms with E-state index in [1.807, 2.05) is 49.5 Å².